The van der Waals surface area contributed by atoms with Gasteiger partial charge >= 0.3 is 0 Å². The van der Waals surface area contributed by atoms with E-state index in [0.29, 0.717) is 6.10 Å². The lowest BCUT2D eigenvalue weighted by Crippen LogP contribution is -2.49. The van der Waals surface area contributed by atoms with Crippen molar-refractivity contribution in [2.75, 3.05) is 59.1 Å². The summed E-state index contributed by atoms with van der Waals surface area (Å²) in [6.45, 7) is 11.6. The fourth-order valence-corrected chi connectivity index (χ4v) is 2.55. The van der Waals surface area contributed by atoms with E-state index in [-0.39, 0.29) is 0 Å². The van der Waals surface area contributed by atoms with Crippen LogP contribution in [0.4, 0.5) is 0 Å². The van der Waals surface area contributed by atoms with Gasteiger partial charge in [-0.1, -0.05) is 13.3 Å². The van der Waals surface area contributed by atoms with Crippen molar-refractivity contribution in [3.63, 3.8) is 0 Å². The first-order chi connectivity index (χ1) is 8.38. The Balaban J connectivity index is 1.68. The molecule has 1 unspecified atom stereocenters. The zero-order valence-corrected chi connectivity index (χ0v) is 11.1. The molecule has 0 aromatic heterocycles. The Labute approximate surface area is 105 Å². The van der Waals surface area contributed by atoms with E-state index in [1.54, 1.807) is 0 Å². The molecule has 1 atom stereocenters. The van der Waals surface area contributed by atoms with E-state index in [4.69, 9.17) is 9.47 Å². The highest BCUT2D eigenvalue weighted by atomic mass is 16.5. The maximum absolute atomic E-state index is 5.87. The van der Waals surface area contributed by atoms with Gasteiger partial charge in [-0.25, -0.2) is 0 Å². The zero-order chi connectivity index (χ0) is 11.9. The molecule has 0 aromatic rings. The molecule has 2 rings (SSSR count). The predicted molar refractivity (Wildman–Crippen MR) is 68.3 cm³/mol. The molecule has 100 valence electrons. The van der Waals surface area contributed by atoms with Crippen molar-refractivity contribution in [2.24, 2.45) is 0 Å². The Hall–Kier alpha value is -0.160. The van der Waals surface area contributed by atoms with Crippen molar-refractivity contribution >= 4 is 0 Å². The minimum Gasteiger partial charge on any atom is -0.379 e. The summed E-state index contributed by atoms with van der Waals surface area (Å²) in [7, 11) is 0. The number of hydrogen-bond acceptors (Lipinski definition) is 4. The molecule has 2 aliphatic rings. The Morgan fingerprint density at radius 3 is 2.59 bits per heavy atom. The maximum Gasteiger partial charge on any atom is 0.0829 e. The second kappa shape index (κ2) is 7.31. The van der Waals surface area contributed by atoms with Gasteiger partial charge in [-0.3, -0.25) is 9.80 Å². The van der Waals surface area contributed by atoms with Crippen LogP contribution in [0.5, 0.6) is 0 Å². The molecule has 0 saturated carbocycles. The summed E-state index contributed by atoms with van der Waals surface area (Å²) < 4.78 is 11.2. The number of nitrogens with zero attached hydrogens (tertiary/aromatic N) is 2. The number of unbranched alkanes of at least 4 members (excludes halogenated alkanes) is 1. The average Bonchev–Trinajstić information content (AvgIpc) is 2.38. The smallest absolute Gasteiger partial charge is 0.0829 e. The molecule has 2 heterocycles. The monoisotopic (exact) mass is 242 g/mol. The summed E-state index contributed by atoms with van der Waals surface area (Å²) in [5, 5.41) is 0. The molecule has 4 heteroatoms. The topological polar surface area (TPSA) is 24.9 Å². The molecule has 2 fully saturated rings. The third kappa shape index (κ3) is 4.54. The molecule has 0 aliphatic carbocycles. The summed E-state index contributed by atoms with van der Waals surface area (Å²) in [6.07, 6.45) is 2.99. The SMILES string of the molecule is CCCCN1CCOC(CN2CCOCC2)C1. The lowest BCUT2D eigenvalue weighted by molar-refractivity contribution is -0.0570. The lowest BCUT2D eigenvalue weighted by Gasteiger charge is -2.36. The third-order valence-electron chi connectivity index (χ3n) is 3.62. The van der Waals surface area contributed by atoms with Crippen LogP contribution in [0.1, 0.15) is 19.8 Å². The Morgan fingerprint density at radius 1 is 1.06 bits per heavy atom. The van der Waals surface area contributed by atoms with Crippen molar-refractivity contribution in [3.8, 4) is 0 Å². The molecule has 0 amide bonds. The lowest BCUT2D eigenvalue weighted by atomic mass is 10.2. The molecule has 4 nitrogen and oxygen atoms in total. The predicted octanol–water partition coefficient (Wildman–Crippen LogP) is 0.820. The van der Waals surface area contributed by atoms with Crippen molar-refractivity contribution in [1.29, 1.82) is 0 Å². The molecule has 0 N–H and O–H groups in total. The molecule has 0 bridgehead atoms. The summed E-state index contributed by atoms with van der Waals surface area (Å²) in [4.78, 5) is 5.02. The molecule has 0 aromatic carbocycles. The van der Waals surface area contributed by atoms with Gasteiger partial charge in [0, 0.05) is 32.7 Å². The molecule has 2 saturated heterocycles. The van der Waals surface area contributed by atoms with E-state index in [2.05, 4.69) is 16.7 Å². The Morgan fingerprint density at radius 2 is 1.82 bits per heavy atom. The van der Waals surface area contributed by atoms with Gasteiger partial charge in [0.05, 0.1) is 25.9 Å². The minimum atomic E-state index is 0.402. The molecule has 0 spiro atoms. The van der Waals surface area contributed by atoms with Crippen LogP contribution in [0, 0.1) is 0 Å². The highest BCUT2D eigenvalue weighted by Gasteiger charge is 2.23. The number of hydrogen-bond donors (Lipinski definition) is 0. The highest BCUT2D eigenvalue weighted by Crippen LogP contribution is 2.09. The fourth-order valence-electron chi connectivity index (χ4n) is 2.55. The second-order valence-corrected chi connectivity index (χ2v) is 5.06. The second-order valence-electron chi connectivity index (χ2n) is 5.06. The quantitative estimate of drug-likeness (QED) is 0.712. The van der Waals surface area contributed by atoms with E-state index < -0.39 is 0 Å². The summed E-state index contributed by atoms with van der Waals surface area (Å²) in [5.74, 6) is 0. The summed E-state index contributed by atoms with van der Waals surface area (Å²) in [6, 6.07) is 0. The third-order valence-corrected chi connectivity index (χ3v) is 3.62. The van der Waals surface area contributed by atoms with Crippen LogP contribution in [-0.2, 0) is 9.47 Å². The standard InChI is InChI=1S/C13H26N2O2/c1-2-3-4-14-7-10-17-13(11-14)12-15-5-8-16-9-6-15/h13H,2-12H2,1H3. The van der Waals surface area contributed by atoms with Crippen LogP contribution in [0.15, 0.2) is 0 Å². The van der Waals surface area contributed by atoms with Crippen molar-refractivity contribution in [2.45, 2.75) is 25.9 Å². The van der Waals surface area contributed by atoms with Gasteiger partial charge in [-0.2, -0.15) is 0 Å². The maximum atomic E-state index is 5.87. The van der Waals surface area contributed by atoms with Crippen LogP contribution in [0.3, 0.4) is 0 Å². The van der Waals surface area contributed by atoms with Crippen LogP contribution in [0.25, 0.3) is 0 Å². The first-order valence-corrected chi connectivity index (χ1v) is 7.02. The van der Waals surface area contributed by atoms with Gasteiger partial charge in [0.1, 0.15) is 0 Å². The van der Waals surface area contributed by atoms with Crippen LogP contribution in [-0.4, -0.2) is 75.0 Å². The first-order valence-electron chi connectivity index (χ1n) is 7.02. The van der Waals surface area contributed by atoms with E-state index in [0.717, 1.165) is 52.5 Å². The Kier molecular flexibility index (Phi) is 5.71. The molecule has 17 heavy (non-hydrogen) atoms. The largest absolute Gasteiger partial charge is 0.379 e. The van der Waals surface area contributed by atoms with E-state index in [1.807, 2.05) is 0 Å². The van der Waals surface area contributed by atoms with Gasteiger partial charge < -0.3 is 9.47 Å². The van der Waals surface area contributed by atoms with E-state index in [1.165, 1.54) is 19.4 Å². The fraction of sp³-hybridized carbons (Fsp3) is 1.00. The van der Waals surface area contributed by atoms with Crippen LogP contribution >= 0.6 is 0 Å². The average molecular weight is 242 g/mol. The zero-order valence-electron chi connectivity index (χ0n) is 11.1. The van der Waals surface area contributed by atoms with E-state index in [9.17, 15) is 0 Å². The normalized spacial score (nSPS) is 28.4. The number of rotatable bonds is 5. The summed E-state index contributed by atoms with van der Waals surface area (Å²) in [5.41, 5.74) is 0. The molecular formula is C13H26N2O2. The van der Waals surface area contributed by atoms with Crippen molar-refractivity contribution in [3.05, 3.63) is 0 Å². The number of morpholine rings is 2. The van der Waals surface area contributed by atoms with Gasteiger partial charge in [0.2, 0.25) is 0 Å². The van der Waals surface area contributed by atoms with Gasteiger partial charge in [-0.05, 0) is 13.0 Å². The van der Waals surface area contributed by atoms with Gasteiger partial charge in [0.15, 0.2) is 0 Å². The molecular weight excluding hydrogens is 216 g/mol. The van der Waals surface area contributed by atoms with Crippen molar-refractivity contribution in [1.82, 2.24) is 9.80 Å². The molecule has 0 radical (unpaired) electrons. The van der Waals surface area contributed by atoms with Crippen LogP contribution < -0.4 is 0 Å². The van der Waals surface area contributed by atoms with Crippen molar-refractivity contribution < 1.29 is 9.47 Å². The van der Waals surface area contributed by atoms with Gasteiger partial charge in [-0.15, -0.1) is 0 Å². The number of ether oxygens (including phenoxy) is 2. The van der Waals surface area contributed by atoms with E-state index >= 15 is 0 Å². The molecule has 2 aliphatic heterocycles. The van der Waals surface area contributed by atoms with Crippen LogP contribution in [0.2, 0.25) is 0 Å². The Bertz CT molecular complexity index is 208. The van der Waals surface area contributed by atoms with Gasteiger partial charge in [0.25, 0.3) is 0 Å². The summed E-state index contributed by atoms with van der Waals surface area (Å²) >= 11 is 0. The minimum absolute atomic E-state index is 0.402. The first kappa shape index (κ1) is 13.3. The highest BCUT2D eigenvalue weighted by molar-refractivity contribution is 4.76.